The first-order valence-electron chi connectivity index (χ1n) is 7.57. The number of aromatic amines is 1. The highest BCUT2D eigenvalue weighted by atomic mass is 35.5. The molecule has 7 nitrogen and oxygen atoms in total. The van der Waals surface area contributed by atoms with E-state index in [1.165, 1.54) is 18.3 Å². The number of anilines is 2. The van der Waals surface area contributed by atoms with Crippen LogP contribution in [0.25, 0.3) is 0 Å². The van der Waals surface area contributed by atoms with E-state index in [1.54, 1.807) is 6.07 Å². The van der Waals surface area contributed by atoms with Gasteiger partial charge in [0.15, 0.2) is 5.78 Å². The van der Waals surface area contributed by atoms with Crippen molar-refractivity contribution in [1.29, 1.82) is 0 Å². The van der Waals surface area contributed by atoms with Gasteiger partial charge in [-0.15, -0.1) is 12.4 Å². The number of ketones is 1. The van der Waals surface area contributed by atoms with Crippen molar-refractivity contribution in [3.63, 3.8) is 0 Å². The van der Waals surface area contributed by atoms with E-state index < -0.39 is 11.5 Å². The van der Waals surface area contributed by atoms with Crippen molar-refractivity contribution in [1.82, 2.24) is 9.97 Å². The first kappa shape index (κ1) is 18.7. The predicted octanol–water partition coefficient (Wildman–Crippen LogP) is 2.18. The minimum absolute atomic E-state index is 0. The number of pyridine rings is 2. The molecule has 25 heavy (non-hydrogen) atoms. The molecule has 1 aliphatic carbocycles. The molecule has 0 unspecified atom stereocenters. The smallest absolute Gasteiger partial charge is 0.261 e. The molecule has 0 saturated carbocycles. The van der Waals surface area contributed by atoms with E-state index >= 15 is 0 Å². The zero-order valence-corrected chi connectivity index (χ0v) is 14.7. The summed E-state index contributed by atoms with van der Waals surface area (Å²) in [5, 5.41) is 2.58. The van der Waals surface area contributed by atoms with Gasteiger partial charge in [-0.25, -0.2) is 4.98 Å². The van der Waals surface area contributed by atoms with Gasteiger partial charge in [-0.1, -0.05) is 13.8 Å². The lowest BCUT2D eigenvalue weighted by Gasteiger charge is -2.29. The molecule has 2 heterocycles. The van der Waals surface area contributed by atoms with Crippen LogP contribution < -0.4 is 16.6 Å². The number of fused-ring (bicyclic) bond motifs is 1. The van der Waals surface area contributed by atoms with Crippen LogP contribution in [0.2, 0.25) is 0 Å². The summed E-state index contributed by atoms with van der Waals surface area (Å²) in [6.07, 6.45) is 2.37. The highest BCUT2D eigenvalue weighted by Gasteiger charge is 2.32. The SMILES string of the molecule is CC1(C)CC(=O)c2cc(C(=O)Nc3ccc(N)nc3)c(=O)[nH]c2C1.Cl. The number of hydrogen-bond acceptors (Lipinski definition) is 5. The van der Waals surface area contributed by atoms with Crippen LogP contribution in [0.15, 0.2) is 29.2 Å². The van der Waals surface area contributed by atoms with Gasteiger partial charge in [-0.2, -0.15) is 0 Å². The lowest BCUT2D eigenvalue weighted by Crippen LogP contribution is -2.32. The van der Waals surface area contributed by atoms with Crippen molar-refractivity contribution in [3.8, 4) is 0 Å². The van der Waals surface area contributed by atoms with Crippen LogP contribution in [0.3, 0.4) is 0 Å². The normalized spacial score (nSPS) is 15.0. The lowest BCUT2D eigenvalue weighted by molar-refractivity contribution is 0.0910. The van der Waals surface area contributed by atoms with Crippen LogP contribution in [0.4, 0.5) is 11.5 Å². The summed E-state index contributed by atoms with van der Waals surface area (Å²) in [6, 6.07) is 4.50. The standard InChI is InChI=1S/C17H18N4O3.ClH/c1-17(2)6-12-10(13(22)7-17)5-11(16(24)21-12)15(23)20-9-3-4-14(18)19-8-9;/h3-5,8H,6-7H2,1-2H3,(H2,18,19)(H,20,23)(H,21,24);1H. The predicted molar refractivity (Wildman–Crippen MR) is 97.3 cm³/mol. The van der Waals surface area contributed by atoms with Gasteiger partial charge in [0, 0.05) is 17.7 Å². The third kappa shape index (κ3) is 3.88. The minimum atomic E-state index is -0.594. The molecule has 4 N–H and O–H groups in total. The number of halogens is 1. The summed E-state index contributed by atoms with van der Waals surface area (Å²) < 4.78 is 0. The summed E-state index contributed by atoms with van der Waals surface area (Å²) in [6.45, 7) is 3.95. The molecule has 0 bridgehead atoms. The topological polar surface area (TPSA) is 118 Å². The number of carbonyl (C=O) groups is 2. The van der Waals surface area contributed by atoms with E-state index in [0.717, 1.165) is 0 Å². The monoisotopic (exact) mass is 362 g/mol. The van der Waals surface area contributed by atoms with Crippen LogP contribution in [-0.4, -0.2) is 21.7 Å². The third-order valence-electron chi connectivity index (χ3n) is 4.01. The molecule has 0 fully saturated rings. The first-order valence-corrected chi connectivity index (χ1v) is 7.57. The highest BCUT2D eigenvalue weighted by molar-refractivity contribution is 6.06. The number of nitrogens with two attached hydrogens (primary N) is 1. The van der Waals surface area contributed by atoms with Crippen LogP contribution in [0, 0.1) is 5.41 Å². The maximum atomic E-state index is 12.3. The number of amides is 1. The Hall–Kier alpha value is -2.67. The molecular weight excluding hydrogens is 344 g/mol. The molecule has 132 valence electrons. The van der Waals surface area contributed by atoms with Gasteiger partial charge in [-0.05, 0) is 30.0 Å². The molecule has 0 aliphatic heterocycles. The Morgan fingerprint density at radius 3 is 2.64 bits per heavy atom. The van der Waals surface area contributed by atoms with Gasteiger partial charge >= 0.3 is 0 Å². The van der Waals surface area contributed by atoms with E-state index in [-0.39, 0.29) is 29.2 Å². The van der Waals surface area contributed by atoms with Crippen molar-refractivity contribution < 1.29 is 9.59 Å². The lowest BCUT2D eigenvalue weighted by atomic mass is 9.75. The zero-order valence-electron chi connectivity index (χ0n) is 13.9. The maximum Gasteiger partial charge on any atom is 0.261 e. The Balaban J connectivity index is 0.00000225. The molecule has 1 amide bonds. The molecule has 2 aromatic rings. The van der Waals surface area contributed by atoms with Crippen LogP contribution in [0.5, 0.6) is 0 Å². The number of aromatic nitrogens is 2. The summed E-state index contributed by atoms with van der Waals surface area (Å²) >= 11 is 0. The van der Waals surface area contributed by atoms with Crippen molar-refractivity contribution in [2.75, 3.05) is 11.1 Å². The van der Waals surface area contributed by atoms with Gasteiger partial charge in [0.05, 0.1) is 11.9 Å². The van der Waals surface area contributed by atoms with Crippen LogP contribution >= 0.6 is 12.4 Å². The Kier molecular flexibility index (Phi) is 4.99. The number of nitrogens with zero attached hydrogens (tertiary/aromatic N) is 1. The van der Waals surface area contributed by atoms with Crippen molar-refractivity contribution >= 4 is 35.6 Å². The second-order valence-electron chi connectivity index (χ2n) is 6.77. The summed E-state index contributed by atoms with van der Waals surface area (Å²) in [4.78, 5) is 43.4. The van der Waals surface area contributed by atoms with Crippen molar-refractivity contribution in [2.45, 2.75) is 26.7 Å². The number of nitrogen functional groups attached to an aromatic ring is 1. The van der Waals surface area contributed by atoms with Crippen molar-refractivity contribution in [2.24, 2.45) is 5.41 Å². The molecule has 0 atom stereocenters. The molecule has 2 aromatic heterocycles. The number of carbonyl (C=O) groups excluding carboxylic acids is 2. The van der Waals surface area contributed by atoms with Crippen molar-refractivity contribution in [3.05, 3.63) is 51.6 Å². The average molecular weight is 363 g/mol. The van der Waals surface area contributed by atoms with E-state index in [4.69, 9.17) is 5.73 Å². The fourth-order valence-electron chi connectivity index (χ4n) is 2.87. The quantitative estimate of drug-likeness (QED) is 0.756. The fraction of sp³-hybridized carbons (Fsp3) is 0.294. The number of hydrogen-bond donors (Lipinski definition) is 3. The van der Waals surface area contributed by atoms with E-state index in [9.17, 15) is 14.4 Å². The van der Waals surface area contributed by atoms with E-state index in [1.807, 2.05) is 13.8 Å². The minimum Gasteiger partial charge on any atom is -0.384 e. The summed E-state index contributed by atoms with van der Waals surface area (Å²) in [5.74, 6) is -0.336. The number of H-pyrrole nitrogens is 1. The average Bonchev–Trinajstić information content (AvgIpc) is 2.47. The van der Waals surface area contributed by atoms with Gasteiger partial charge in [0.1, 0.15) is 11.4 Å². The third-order valence-corrected chi connectivity index (χ3v) is 4.01. The van der Waals surface area contributed by atoms with Crippen LogP contribution in [-0.2, 0) is 6.42 Å². The maximum absolute atomic E-state index is 12.3. The van der Waals surface area contributed by atoms with Gasteiger partial charge < -0.3 is 16.0 Å². The Morgan fingerprint density at radius 1 is 1.28 bits per heavy atom. The first-order chi connectivity index (χ1) is 11.2. The second kappa shape index (κ2) is 6.68. The van der Waals surface area contributed by atoms with Gasteiger partial charge in [-0.3, -0.25) is 14.4 Å². The zero-order chi connectivity index (χ0) is 17.5. The van der Waals surface area contributed by atoms with E-state index in [0.29, 0.717) is 35.6 Å². The Labute approximate surface area is 150 Å². The molecule has 0 radical (unpaired) electrons. The largest absolute Gasteiger partial charge is 0.384 e. The van der Waals surface area contributed by atoms with Crippen LogP contribution in [0.1, 0.15) is 46.7 Å². The summed E-state index contributed by atoms with van der Waals surface area (Å²) in [7, 11) is 0. The molecule has 8 heteroatoms. The number of Topliss-reactive ketones (excluding diaryl/α,β-unsaturated/α-hetero) is 1. The number of nitrogens with one attached hydrogen (secondary N) is 2. The molecular formula is C17H19ClN4O3. The fourth-order valence-corrected chi connectivity index (χ4v) is 2.87. The Bertz CT molecular complexity index is 888. The molecule has 3 rings (SSSR count). The second-order valence-corrected chi connectivity index (χ2v) is 6.77. The molecule has 1 aliphatic rings. The molecule has 0 aromatic carbocycles. The number of rotatable bonds is 2. The molecule has 0 saturated heterocycles. The summed E-state index contributed by atoms with van der Waals surface area (Å²) in [5.41, 5.74) is 6.09. The van der Waals surface area contributed by atoms with Gasteiger partial charge in [0.2, 0.25) is 0 Å². The van der Waals surface area contributed by atoms with E-state index in [2.05, 4.69) is 15.3 Å². The van der Waals surface area contributed by atoms with Gasteiger partial charge in [0.25, 0.3) is 11.5 Å². The highest BCUT2D eigenvalue weighted by Crippen LogP contribution is 2.33. The molecule has 0 spiro atoms. The Morgan fingerprint density at radius 2 is 2.00 bits per heavy atom.